The zero-order valence-electron chi connectivity index (χ0n) is 41.9. The minimum atomic E-state index is -0.641. The third-order valence-electron chi connectivity index (χ3n) is 16.0. The molecule has 13 aromatic rings. The first-order valence-electron chi connectivity index (χ1n) is 26.3. The number of fused-ring (bicyclic) bond motifs is 6. The SMILES string of the molecule is c1ccc(N(c2ccccc2)c2ccc(-n3c4ccccc4c4cc(-c5ccc6c(c5)C(c5ccccc5)(c5ccccc5)c5cc(C(c7ccccc7)(c7ccccc7)c7ccccc7)ccc5-6)ccc43)cc2)cc1. The van der Waals surface area contributed by atoms with Crippen LogP contribution in [-0.2, 0) is 10.8 Å². The lowest BCUT2D eigenvalue weighted by Crippen LogP contribution is -2.33. The number of aromatic nitrogens is 1. The van der Waals surface area contributed by atoms with Crippen LogP contribution in [0.15, 0.2) is 315 Å². The van der Waals surface area contributed by atoms with Gasteiger partial charge in [0.1, 0.15) is 0 Å². The van der Waals surface area contributed by atoms with Crippen LogP contribution in [0.3, 0.4) is 0 Å². The van der Waals surface area contributed by atoms with Crippen LogP contribution in [0.5, 0.6) is 0 Å². The van der Waals surface area contributed by atoms with Crippen molar-refractivity contribution < 1.29 is 0 Å². The Labute approximate surface area is 444 Å². The van der Waals surface area contributed by atoms with Crippen molar-refractivity contribution in [3.05, 3.63) is 360 Å². The van der Waals surface area contributed by atoms with Crippen LogP contribution in [0, 0.1) is 0 Å². The van der Waals surface area contributed by atoms with E-state index in [-0.39, 0.29) is 0 Å². The van der Waals surface area contributed by atoms with Crippen LogP contribution < -0.4 is 4.90 Å². The van der Waals surface area contributed by atoms with Gasteiger partial charge >= 0.3 is 0 Å². The van der Waals surface area contributed by atoms with Crippen LogP contribution in [0.25, 0.3) is 49.7 Å². The monoisotopic (exact) mass is 968 g/mol. The van der Waals surface area contributed by atoms with E-state index >= 15 is 0 Å². The first kappa shape index (κ1) is 44.9. The van der Waals surface area contributed by atoms with E-state index in [0.717, 1.165) is 22.7 Å². The Kier molecular flexibility index (Phi) is 11.0. The first-order valence-corrected chi connectivity index (χ1v) is 26.3. The van der Waals surface area contributed by atoms with Crippen molar-refractivity contribution in [2.45, 2.75) is 10.8 Å². The van der Waals surface area contributed by atoms with Crippen molar-refractivity contribution in [2.24, 2.45) is 0 Å². The summed E-state index contributed by atoms with van der Waals surface area (Å²) in [4.78, 5) is 2.31. The molecule has 0 unspecified atom stereocenters. The molecule has 1 aromatic heterocycles. The second kappa shape index (κ2) is 18.6. The van der Waals surface area contributed by atoms with Crippen LogP contribution in [0.1, 0.15) is 44.5 Å². The Bertz CT molecular complexity index is 4000. The summed E-state index contributed by atoms with van der Waals surface area (Å²) < 4.78 is 2.42. The fourth-order valence-corrected chi connectivity index (χ4v) is 12.7. The summed E-state index contributed by atoms with van der Waals surface area (Å²) in [5.41, 5.74) is 20.3. The van der Waals surface area contributed by atoms with Crippen molar-refractivity contribution in [3.63, 3.8) is 0 Å². The summed E-state index contributed by atoms with van der Waals surface area (Å²) in [6.45, 7) is 0. The maximum Gasteiger partial charge on any atom is 0.0713 e. The molecular weight excluding hydrogens is 917 g/mol. The lowest BCUT2D eigenvalue weighted by molar-refractivity contribution is 0.729. The quantitative estimate of drug-likeness (QED) is 0.117. The summed E-state index contributed by atoms with van der Waals surface area (Å²) in [7, 11) is 0. The van der Waals surface area contributed by atoms with Crippen molar-refractivity contribution in [1.29, 1.82) is 0 Å². The normalized spacial score (nSPS) is 12.6. The van der Waals surface area contributed by atoms with E-state index in [1.807, 2.05) is 0 Å². The summed E-state index contributed by atoms with van der Waals surface area (Å²) in [5, 5.41) is 2.44. The van der Waals surface area contributed by atoms with Gasteiger partial charge in [-0.05, 0) is 140 Å². The summed E-state index contributed by atoms with van der Waals surface area (Å²) in [6.07, 6.45) is 0. The van der Waals surface area contributed by atoms with Gasteiger partial charge in [-0.15, -0.1) is 0 Å². The average Bonchev–Trinajstić information content (AvgIpc) is 4.07. The second-order valence-corrected chi connectivity index (χ2v) is 20.0. The van der Waals surface area contributed by atoms with Gasteiger partial charge in [-0.1, -0.05) is 243 Å². The van der Waals surface area contributed by atoms with Gasteiger partial charge in [0.15, 0.2) is 0 Å². The van der Waals surface area contributed by atoms with Gasteiger partial charge in [-0.3, -0.25) is 0 Å². The largest absolute Gasteiger partial charge is 0.311 e. The van der Waals surface area contributed by atoms with Gasteiger partial charge in [0.25, 0.3) is 0 Å². The summed E-state index contributed by atoms with van der Waals surface area (Å²) >= 11 is 0. The highest BCUT2D eigenvalue weighted by atomic mass is 15.1. The number of rotatable bonds is 11. The topological polar surface area (TPSA) is 8.17 Å². The smallest absolute Gasteiger partial charge is 0.0713 e. The Morgan fingerprint density at radius 2 is 0.697 bits per heavy atom. The Hall–Kier alpha value is -9.76. The molecule has 1 heterocycles. The molecule has 12 aromatic carbocycles. The molecule has 0 amide bonds. The number of hydrogen-bond donors (Lipinski definition) is 0. The van der Waals surface area contributed by atoms with E-state index in [9.17, 15) is 0 Å². The van der Waals surface area contributed by atoms with Gasteiger partial charge in [0.2, 0.25) is 0 Å². The highest BCUT2D eigenvalue weighted by molar-refractivity contribution is 6.10. The van der Waals surface area contributed by atoms with Crippen molar-refractivity contribution in [2.75, 3.05) is 4.90 Å². The average molecular weight is 969 g/mol. The Balaban J connectivity index is 0.945. The molecule has 76 heavy (non-hydrogen) atoms. The second-order valence-electron chi connectivity index (χ2n) is 20.0. The maximum absolute atomic E-state index is 2.55. The van der Waals surface area contributed by atoms with Crippen molar-refractivity contribution in [3.8, 4) is 27.9 Å². The minimum absolute atomic E-state index is 0.612. The van der Waals surface area contributed by atoms with Gasteiger partial charge in [0.05, 0.1) is 21.9 Å². The molecule has 0 atom stereocenters. The summed E-state index contributed by atoms with van der Waals surface area (Å²) in [6, 6.07) is 116. The third kappa shape index (κ3) is 7.10. The number of para-hydroxylation sites is 3. The first-order chi connectivity index (χ1) is 37.7. The fraction of sp³-hybridized carbons (Fsp3) is 0.0270. The zero-order chi connectivity index (χ0) is 50.5. The molecule has 2 heteroatoms. The van der Waals surface area contributed by atoms with E-state index in [2.05, 4.69) is 325 Å². The van der Waals surface area contributed by atoms with Gasteiger partial charge in [-0.25, -0.2) is 0 Å². The Morgan fingerprint density at radius 1 is 0.289 bits per heavy atom. The van der Waals surface area contributed by atoms with Gasteiger partial charge in [0, 0.05) is 33.5 Å². The van der Waals surface area contributed by atoms with E-state index in [0.29, 0.717) is 0 Å². The predicted octanol–water partition coefficient (Wildman–Crippen LogP) is 18.7. The van der Waals surface area contributed by atoms with Gasteiger partial charge < -0.3 is 9.47 Å². The molecule has 0 bridgehead atoms. The molecule has 0 saturated carbocycles. The van der Waals surface area contributed by atoms with Crippen LogP contribution in [0.2, 0.25) is 0 Å². The van der Waals surface area contributed by atoms with Crippen molar-refractivity contribution >= 4 is 38.9 Å². The third-order valence-corrected chi connectivity index (χ3v) is 16.0. The Morgan fingerprint density at radius 3 is 1.24 bits per heavy atom. The molecular formula is C74H52N2. The predicted molar refractivity (Wildman–Crippen MR) is 317 cm³/mol. The highest BCUT2D eigenvalue weighted by Gasteiger charge is 2.48. The van der Waals surface area contributed by atoms with E-state index in [1.165, 1.54) is 88.6 Å². The van der Waals surface area contributed by atoms with Crippen LogP contribution >= 0.6 is 0 Å². The molecule has 14 rings (SSSR count). The fourth-order valence-electron chi connectivity index (χ4n) is 12.7. The number of nitrogens with zero attached hydrogens (tertiary/aromatic N) is 2. The molecule has 1 aliphatic rings. The molecule has 2 nitrogen and oxygen atoms in total. The van der Waals surface area contributed by atoms with Crippen molar-refractivity contribution in [1.82, 2.24) is 4.57 Å². The number of hydrogen-bond acceptors (Lipinski definition) is 1. The van der Waals surface area contributed by atoms with E-state index in [1.54, 1.807) is 0 Å². The minimum Gasteiger partial charge on any atom is -0.311 e. The molecule has 358 valence electrons. The van der Waals surface area contributed by atoms with Gasteiger partial charge in [-0.2, -0.15) is 0 Å². The lowest BCUT2D eigenvalue weighted by Gasteiger charge is -2.39. The summed E-state index contributed by atoms with van der Waals surface area (Å²) in [5.74, 6) is 0. The highest BCUT2D eigenvalue weighted by Crippen LogP contribution is 2.58. The van der Waals surface area contributed by atoms with E-state index < -0.39 is 10.8 Å². The number of benzene rings is 12. The molecule has 0 spiro atoms. The van der Waals surface area contributed by atoms with Crippen LogP contribution in [-0.4, -0.2) is 4.57 Å². The molecule has 0 fully saturated rings. The maximum atomic E-state index is 2.55. The lowest BCUT2D eigenvalue weighted by atomic mass is 9.63. The van der Waals surface area contributed by atoms with Crippen LogP contribution in [0.4, 0.5) is 17.1 Å². The molecule has 1 aliphatic carbocycles. The molecule has 0 N–H and O–H groups in total. The molecule has 0 radical (unpaired) electrons. The standard InChI is InChI=1S/C74H52N2/c1-8-24-55(25-9-1)73(56-26-10-2-11-27-56,57-28-12-3-13-29-57)60-42-48-66-65-47-40-54(51-69(65)74(70(66)52-60,58-30-14-4-15-31-58)59-32-16-5-17-33-59)53-41-49-72-68(50-53)67-38-22-23-39-71(67)76(72)64-45-43-63(44-46-64)75(61-34-18-6-19-35-61)62-36-20-7-21-37-62/h1-52H. The van der Waals surface area contributed by atoms with E-state index in [4.69, 9.17) is 0 Å². The molecule has 0 saturated heterocycles. The number of anilines is 3. The zero-order valence-corrected chi connectivity index (χ0v) is 41.9. The molecule has 0 aliphatic heterocycles.